The van der Waals surface area contributed by atoms with E-state index in [9.17, 15) is 14.4 Å². The molecule has 2 heterocycles. The zero-order valence-corrected chi connectivity index (χ0v) is 29.1. The smallest absolute Gasteiger partial charge is 0.253 e. The van der Waals surface area contributed by atoms with Gasteiger partial charge in [0.2, 0.25) is 11.8 Å². The van der Waals surface area contributed by atoms with Crippen LogP contribution in [0.4, 0.5) is 5.69 Å². The summed E-state index contributed by atoms with van der Waals surface area (Å²) in [6, 6.07) is 13.9. The van der Waals surface area contributed by atoms with E-state index in [-0.39, 0.29) is 42.4 Å². The van der Waals surface area contributed by atoms with Gasteiger partial charge >= 0.3 is 0 Å². The average Bonchev–Trinajstić information content (AvgIpc) is 3.32. The van der Waals surface area contributed by atoms with Crippen LogP contribution in [-0.4, -0.2) is 58.7 Å². The van der Waals surface area contributed by atoms with Crippen molar-refractivity contribution in [1.82, 2.24) is 19.6 Å². The number of fused-ring (bicyclic) bond motifs is 1. The van der Waals surface area contributed by atoms with E-state index in [1.165, 1.54) is 11.0 Å². The number of amides is 3. The van der Waals surface area contributed by atoms with Crippen molar-refractivity contribution < 1.29 is 19.1 Å². The summed E-state index contributed by atoms with van der Waals surface area (Å²) in [5.74, 6) is -0.323. The Morgan fingerprint density at radius 1 is 1.07 bits per heavy atom. The maximum Gasteiger partial charge on any atom is 0.253 e. The Labute approximate surface area is 286 Å². The van der Waals surface area contributed by atoms with Gasteiger partial charge in [-0.1, -0.05) is 35.3 Å². The van der Waals surface area contributed by atoms with Crippen LogP contribution in [0.2, 0.25) is 10.0 Å². The number of aryl methyl sites for hydroxylation is 1. The summed E-state index contributed by atoms with van der Waals surface area (Å²) >= 11 is 16.7. The molecule has 3 amide bonds. The summed E-state index contributed by atoms with van der Waals surface area (Å²) in [7, 11) is 1.57. The van der Waals surface area contributed by atoms with Crippen LogP contribution in [0.3, 0.4) is 0 Å². The summed E-state index contributed by atoms with van der Waals surface area (Å²) in [5.41, 5.74) is 3.71. The number of halogens is 4. The van der Waals surface area contributed by atoms with Gasteiger partial charge in [0.15, 0.2) is 11.4 Å². The lowest BCUT2D eigenvalue weighted by molar-refractivity contribution is -0.122. The third-order valence-electron chi connectivity index (χ3n) is 7.04. The van der Waals surface area contributed by atoms with Gasteiger partial charge in [-0.3, -0.25) is 18.8 Å². The van der Waals surface area contributed by atoms with Crippen molar-refractivity contribution in [2.45, 2.75) is 27.4 Å². The van der Waals surface area contributed by atoms with E-state index in [1.54, 1.807) is 60.5 Å². The van der Waals surface area contributed by atoms with Crippen LogP contribution in [-0.2, 0) is 16.2 Å². The number of hydrogen-bond acceptors (Lipinski definition) is 5. The number of likely N-dealkylation sites (N-methyl/N-ethyl adjacent to an activating group) is 1. The number of anilines is 1. The largest absolute Gasteiger partial charge is 0.485 e. The van der Waals surface area contributed by atoms with Crippen LogP contribution in [0.15, 0.2) is 65.4 Å². The number of imidazole rings is 1. The second kappa shape index (κ2) is 16.1. The number of aromatic nitrogens is 2. The molecule has 238 valence electrons. The van der Waals surface area contributed by atoms with E-state index >= 15 is 0 Å². The third-order valence-corrected chi connectivity index (χ3v) is 8.77. The number of pyridine rings is 1. The number of carbonyl (C=O) groups excluding carboxylic acids is 3. The van der Waals surface area contributed by atoms with Crippen molar-refractivity contribution in [2.24, 2.45) is 0 Å². The van der Waals surface area contributed by atoms with Crippen LogP contribution >= 0.6 is 51.5 Å². The molecule has 0 radical (unpaired) electrons. The first kappa shape index (κ1) is 35.9. The van der Waals surface area contributed by atoms with Gasteiger partial charge in [0.1, 0.15) is 11.2 Å². The number of rotatable bonds is 11. The minimum atomic E-state index is -0.443. The van der Waals surface area contributed by atoms with Gasteiger partial charge in [-0.05, 0) is 84.7 Å². The molecular formula is C32H33BrCl3N5O4. The van der Waals surface area contributed by atoms with E-state index in [0.717, 1.165) is 15.9 Å². The first-order chi connectivity index (χ1) is 21.0. The molecule has 0 bridgehead atoms. The zero-order valence-electron chi connectivity index (χ0n) is 25.1. The lowest BCUT2D eigenvalue weighted by Crippen LogP contribution is -2.37. The van der Waals surface area contributed by atoms with Crippen LogP contribution < -0.4 is 15.0 Å². The molecule has 0 saturated carbocycles. The van der Waals surface area contributed by atoms with E-state index < -0.39 is 5.91 Å². The monoisotopic (exact) mass is 735 g/mol. The van der Waals surface area contributed by atoms with E-state index in [4.69, 9.17) is 27.9 Å². The Balaban J connectivity index is 0.00000552. The molecule has 0 saturated heterocycles. The van der Waals surface area contributed by atoms with Gasteiger partial charge in [0.05, 0.1) is 22.9 Å². The SMILES string of the molecule is CCN(CC)C(=O)c1ccc(/C=C/C(=O)NCC(=O)N(C)c2ccc(Cl)c(COc3cccn4c(Br)c(C)nc34)c2Cl)cc1.Cl. The molecule has 0 unspecified atom stereocenters. The highest BCUT2D eigenvalue weighted by Gasteiger charge is 2.20. The Morgan fingerprint density at radius 2 is 1.76 bits per heavy atom. The van der Waals surface area contributed by atoms with Gasteiger partial charge < -0.3 is 19.9 Å². The van der Waals surface area contributed by atoms with E-state index in [0.29, 0.717) is 46.3 Å². The van der Waals surface area contributed by atoms with Gasteiger partial charge in [0, 0.05) is 48.6 Å². The van der Waals surface area contributed by atoms with Crippen LogP contribution in [0.25, 0.3) is 11.7 Å². The Morgan fingerprint density at radius 3 is 2.42 bits per heavy atom. The number of carbonyl (C=O) groups is 3. The molecular weight excluding hydrogens is 705 g/mol. The lowest BCUT2D eigenvalue weighted by Gasteiger charge is -2.21. The fraction of sp³-hybridized carbons (Fsp3) is 0.250. The molecule has 13 heteroatoms. The van der Waals surface area contributed by atoms with E-state index in [2.05, 4.69) is 26.2 Å². The van der Waals surface area contributed by atoms with Gasteiger partial charge in [0.25, 0.3) is 5.91 Å². The highest BCUT2D eigenvalue weighted by molar-refractivity contribution is 9.10. The number of nitrogens with one attached hydrogen (secondary N) is 1. The Kier molecular flexibility index (Phi) is 12.9. The molecule has 9 nitrogen and oxygen atoms in total. The minimum Gasteiger partial charge on any atom is -0.485 e. The second-order valence-electron chi connectivity index (χ2n) is 9.81. The molecule has 45 heavy (non-hydrogen) atoms. The lowest BCUT2D eigenvalue weighted by atomic mass is 10.1. The highest BCUT2D eigenvalue weighted by Crippen LogP contribution is 2.35. The second-order valence-corrected chi connectivity index (χ2v) is 11.3. The molecule has 2 aromatic heterocycles. The van der Waals surface area contributed by atoms with Crippen LogP contribution in [0, 0.1) is 6.92 Å². The van der Waals surface area contributed by atoms with Crippen molar-refractivity contribution in [1.29, 1.82) is 0 Å². The maximum absolute atomic E-state index is 12.9. The molecule has 0 spiro atoms. The van der Waals surface area contributed by atoms with E-state index in [1.807, 2.05) is 37.4 Å². The molecule has 0 fully saturated rings. The predicted molar refractivity (Wildman–Crippen MR) is 185 cm³/mol. The summed E-state index contributed by atoms with van der Waals surface area (Å²) in [6.45, 7) is 6.81. The van der Waals surface area contributed by atoms with Crippen LogP contribution in [0.5, 0.6) is 5.75 Å². The van der Waals surface area contributed by atoms with Crippen molar-refractivity contribution in [3.63, 3.8) is 0 Å². The number of ether oxygens (including phenoxy) is 1. The first-order valence-electron chi connectivity index (χ1n) is 13.9. The molecule has 0 atom stereocenters. The molecule has 0 aliphatic rings. The quantitative estimate of drug-likeness (QED) is 0.168. The summed E-state index contributed by atoms with van der Waals surface area (Å²) < 4.78 is 8.75. The summed E-state index contributed by atoms with van der Waals surface area (Å²) in [4.78, 5) is 45.5. The number of nitrogens with zero attached hydrogens (tertiary/aromatic N) is 4. The Bertz CT molecular complexity index is 1720. The molecule has 0 aliphatic carbocycles. The molecule has 1 N–H and O–H groups in total. The third kappa shape index (κ3) is 8.38. The topological polar surface area (TPSA) is 96.2 Å². The maximum atomic E-state index is 12.9. The number of benzene rings is 2. The normalized spacial score (nSPS) is 10.9. The zero-order chi connectivity index (χ0) is 32.0. The molecule has 0 aliphatic heterocycles. The summed E-state index contributed by atoms with van der Waals surface area (Å²) in [5, 5.41) is 3.24. The van der Waals surface area contributed by atoms with Crippen molar-refractivity contribution in [3.05, 3.63) is 97.8 Å². The van der Waals surface area contributed by atoms with Gasteiger partial charge in [-0.25, -0.2) is 4.98 Å². The van der Waals surface area contributed by atoms with Crippen LogP contribution in [0.1, 0.15) is 41.0 Å². The fourth-order valence-corrected chi connectivity index (χ4v) is 5.42. The van der Waals surface area contributed by atoms with Gasteiger partial charge in [-0.2, -0.15) is 0 Å². The molecule has 4 aromatic rings. The van der Waals surface area contributed by atoms with Gasteiger partial charge in [-0.15, -0.1) is 12.4 Å². The predicted octanol–water partition coefficient (Wildman–Crippen LogP) is 6.99. The minimum absolute atomic E-state index is 0. The summed E-state index contributed by atoms with van der Waals surface area (Å²) in [6.07, 6.45) is 4.82. The highest BCUT2D eigenvalue weighted by atomic mass is 79.9. The molecule has 2 aromatic carbocycles. The first-order valence-corrected chi connectivity index (χ1v) is 15.4. The van der Waals surface area contributed by atoms with Crippen molar-refractivity contribution >= 4 is 86.7 Å². The Hall–Kier alpha value is -3.57. The van der Waals surface area contributed by atoms with Crippen molar-refractivity contribution in [2.75, 3.05) is 31.6 Å². The fourth-order valence-electron chi connectivity index (χ4n) is 4.44. The van der Waals surface area contributed by atoms with Crippen molar-refractivity contribution in [3.8, 4) is 5.75 Å². The number of hydrogen-bond donors (Lipinski definition) is 1. The molecule has 4 rings (SSSR count). The standard InChI is InChI=1S/C32H32BrCl2N5O4.ClH/c1-5-39(6-2)32(43)22-12-9-21(10-13-22)11-16-27(41)36-18-28(42)38(4)25-15-14-24(34)23(29(25)35)19-44-26-8-7-17-40-30(33)20(3)37-31(26)40;/h7-17H,5-6,18-19H2,1-4H3,(H,36,41);1H/b16-11+;. The average molecular weight is 738 g/mol.